The molecule has 90 valence electrons. The summed E-state index contributed by atoms with van der Waals surface area (Å²) in [7, 11) is 0. The van der Waals surface area contributed by atoms with Gasteiger partial charge in [-0.3, -0.25) is 0 Å². The van der Waals surface area contributed by atoms with Crippen LogP contribution in [0.15, 0.2) is 21.2 Å². The molecule has 1 saturated carbocycles. The molecule has 1 aliphatic carbocycles. The first-order valence-corrected chi connectivity index (χ1v) is 6.66. The van der Waals surface area contributed by atoms with E-state index in [0.717, 1.165) is 23.3 Å². The van der Waals surface area contributed by atoms with Gasteiger partial charge in [0.2, 0.25) is 0 Å². The monoisotopic (exact) mass is 287 g/mol. The summed E-state index contributed by atoms with van der Waals surface area (Å²) in [6.07, 6.45) is 6.06. The summed E-state index contributed by atoms with van der Waals surface area (Å²) in [6.45, 7) is 0.518. The molecule has 4 heteroatoms. The van der Waals surface area contributed by atoms with Crippen molar-refractivity contribution in [1.29, 1.82) is 0 Å². The van der Waals surface area contributed by atoms with Crippen LogP contribution in [-0.2, 0) is 11.3 Å². The largest absolute Gasteiger partial charge is 0.452 e. The van der Waals surface area contributed by atoms with E-state index in [1.54, 1.807) is 0 Å². The molecule has 3 nitrogen and oxygen atoms in total. The highest BCUT2D eigenvalue weighted by atomic mass is 79.9. The molecule has 0 bridgehead atoms. The third-order valence-corrected chi connectivity index (χ3v) is 3.50. The quantitative estimate of drug-likeness (QED) is 0.869. The Balaban J connectivity index is 1.83. The zero-order valence-corrected chi connectivity index (χ0v) is 10.9. The molecule has 0 aromatic carbocycles. The minimum atomic E-state index is 0.181. The number of halogens is 1. The molecule has 16 heavy (non-hydrogen) atoms. The van der Waals surface area contributed by atoms with E-state index < -0.39 is 0 Å². The van der Waals surface area contributed by atoms with Gasteiger partial charge in [0.05, 0.1) is 6.10 Å². The van der Waals surface area contributed by atoms with Crippen LogP contribution in [0.3, 0.4) is 0 Å². The average Bonchev–Trinajstić information content (AvgIpc) is 2.56. The Labute approximate surface area is 104 Å². The van der Waals surface area contributed by atoms with Crippen molar-refractivity contribution in [3.8, 4) is 0 Å². The smallest absolute Gasteiger partial charge is 0.169 e. The van der Waals surface area contributed by atoms with E-state index in [0.29, 0.717) is 6.61 Å². The lowest BCUT2D eigenvalue weighted by Gasteiger charge is -2.21. The Morgan fingerprint density at radius 3 is 2.88 bits per heavy atom. The summed E-state index contributed by atoms with van der Waals surface area (Å²) in [5, 5.41) is 0. The molecule has 0 spiro atoms. The third-order valence-electron chi connectivity index (χ3n) is 3.07. The summed E-state index contributed by atoms with van der Waals surface area (Å²) < 4.78 is 12.0. The van der Waals surface area contributed by atoms with Gasteiger partial charge in [-0.2, -0.15) is 0 Å². The summed E-state index contributed by atoms with van der Waals surface area (Å²) >= 11 is 3.28. The van der Waals surface area contributed by atoms with Gasteiger partial charge in [0.1, 0.15) is 12.4 Å². The summed E-state index contributed by atoms with van der Waals surface area (Å²) in [4.78, 5) is 0. The summed E-state index contributed by atoms with van der Waals surface area (Å²) in [5.74, 6) is 0.850. The number of hydrogen-bond donors (Lipinski definition) is 1. The van der Waals surface area contributed by atoms with Gasteiger partial charge in [-0.25, -0.2) is 0 Å². The van der Waals surface area contributed by atoms with E-state index in [9.17, 15) is 0 Å². The molecular formula is C12H18BrNO2. The zero-order chi connectivity index (χ0) is 11.4. The summed E-state index contributed by atoms with van der Waals surface area (Å²) in [5.41, 5.74) is 6.08. The molecular weight excluding hydrogens is 270 g/mol. The van der Waals surface area contributed by atoms with Crippen molar-refractivity contribution in [2.75, 3.05) is 0 Å². The average molecular weight is 288 g/mol. The van der Waals surface area contributed by atoms with Gasteiger partial charge in [-0.15, -0.1) is 0 Å². The highest BCUT2D eigenvalue weighted by molar-refractivity contribution is 9.10. The second-order valence-electron chi connectivity index (χ2n) is 4.36. The van der Waals surface area contributed by atoms with Gasteiger partial charge in [0.15, 0.2) is 4.67 Å². The van der Waals surface area contributed by atoms with Crippen LogP contribution in [-0.4, -0.2) is 12.1 Å². The predicted molar refractivity (Wildman–Crippen MR) is 66.0 cm³/mol. The van der Waals surface area contributed by atoms with Crippen LogP contribution in [0.4, 0.5) is 0 Å². The minimum absolute atomic E-state index is 0.181. The van der Waals surface area contributed by atoms with Crippen LogP contribution in [0.25, 0.3) is 0 Å². The van der Waals surface area contributed by atoms with Crippen LogP contribution < -0.4 is 5.73 Å². The van der Waals surface area contributed by atoms with Crippen molar-refractivity contribution in [2.24, 2.45) is 5.73 Å². The third kappa shape index (κ3) is 3.34. The first kappa shape index (κ1) is 12.1. The predicted octanol–water partition coefficient (Wildman–Crippen LogP) is 3.22. The highest BCUT2D eigenvalue weighted by Crippen LogP contribution is 2.21. The molecule has 0 saturated heterocycles. The van der Waals surface area contributed by atoms with Crippen LogP contribution in [0.2, 0.25) is 0 Å². The lowest BCUT2D eigenvalue weighted by Crippen LogP contribution is -2.35. The molecule has 1 aromatic heterocycles. The molecule has 0 radical (unpaired) electrons. The van der Waals surface area contributed by atoms with E-state index in [2.05, 4.69) is 15.9 Å². The Hall–Kier alpha value is -0.320. The van der Waals surface area contributed by atoms with Gasteiger partial charge in [-0.05, 0) is 40.9 Å². The Kier molecular flexibility index (Phi) is 4.44. The fourth-order valence-electron chi connectivity index (χ4n) is 2.13. The van der Waals surface area contributed by atoms with Gasteiger partial charge in [-0.1, -0.05) is 19.3 Å². The van der Waals surface area contributed by atoms with Gasteiger partial charge >= 0.3 is 0 Å². The fraction of sp³-hybridized carbons (Fsp3) is 0.667. The molecule has 0 amide bonds. The molecule has 2 rings (SSSR count). The van der Waals surface area contributed by atoms with E-state index in [1.165, 1.54) is 19.3 Å². The topological polar surface area (TPSA) is 48.4 Å². The molecule has 2 atom stereocenters. The second-order valence-corrected chi connectivity index (χ2v) is 5.14. The van der Waals surface area contributed by atoms with Gasteiger partial charge in [0.25, 0.3) is 0 Å². The van der Waals surface area contributed by atoms with Crippen molar-refractivity contribution in [3.05, 3.63) is 22.6 Å². The molecule has 1 aliphatic rings. The van der Waals surface area contributed by atoms with Gasteiger partial charge < -0.3 is 14.9 Å². The second kappa shape index (κ2) is 5.84. The minimum Gasteiger partial charge on any atom is -0.452 e. The number of furan rings is 1. The SMILES string of the molecule is NC1CCCCCC1OCc1ccc(Br)o1. The number of ether oxygens (including phenoxy) is 1. The van der Waals surface area contributed by atoms with Gasteiger partial charge in [0, 0.05) is 6.04 Å². The van der Waals surface area contributed by atoms with Crippen LogP contribution in [0.5, 0.6) is 0 Å². The first-order valence-electron chi connectivity index (χ1n) is 5.87. The van der Waals surface area contributed by atoms with Crippen molar-refractivity contribution < 1.29 is 9.15 Å². The summed E-state index contributed by atoms with van der Waals surface area (Å²) in [6, 6.07) is 3.98. The maximum absolute atomic E-state index is 6.08. The molecule has 0 aliphatic heterocycles. The van der Waals surface area contributed by atoms with E-state index in [1.807, 2.05) is 12.1 Å². The van der Waals surface area contributed by atoms with E-state index in [4.69, 9.17) is 14.9 Å². The van der Waals surface area contributed by atoms with E-state index in [-0.39, 0.29) is 12.1 Å². The molecule has 2 unspecified atom stereocenters. The van der Waals surface area contributed by atoms with Crippen molar-refractivity contribution in [1.82, 2.24) is 0 Å². The fourth-order valence-corrected chi connectivity index (χ4v) is 2.47. The van der Waals surface area contributed by atoms with E-state index >= 15 is 0 Å². The number of rotatable bonds is 3. The standard InChI is InChI=1S/C12H18BrNO2/c13-12-7-6-9(16-12)8-15-11-5-3-1-2-4-10(11)14/h6-7,10-11H,1-5,8,14H2. The maximum Gasteiger partial charge on any atom is 0.169 e. The molecule has 1 aromatic rings. The zero-order valence-electron chi connectivity index (χ0n) is 9.32. The van der Waals surface area contributed by atoms with Crippen LogP contribution in [0.1, 0.15) is 37.9 Å². The number of nitrogens with two attached hydrogens (primary N) is 1. The maximum atomic E-state index is 6.08. The molecule has 2 N–H and O–H groups in total. The Morgan fingerprint density at radius 1 is 1.31 bits per heavy atom. The molecule has 1 heterocycles. The Bertz CT molecular complexity index is 327. The lowest BCUT2D eigenvalue weighted by molar-refractivity contribution is 0.0108. The molecule has 1 fully saturated rings. The number of hydrogen-bond acceptors (Lipinski definition) is 3. The first-order chi connectivity index (χ1) is 7.75. The van der Waals surface area contributed by atoms with Crippen molar-refractivity contribution >= 4 is 15.9 Å². The normalized spacial score (nSPS) is 26.6. The van der Waals surface area contributed by atoms with Crippen molar-refractivity contribution in [2.45, 2.75) is 50.9 Å². The highest BCUT2D eigenvalue weighted by Gasteiger charge is 2.21. The van der Waals surface area contributed by atoms with Crippen molar-refractivity contribution in [3.63, 3.8) is 0 Å². The lowest BCUT2D eigenvalue weighted by atomic mass is 10.1. The Morgan fingerprint density at radius 2 is 2.12 bits per heavy atom. The van der Waals surface area contributed by atoms with Crippen LogP contribution >= 0.6 is 15.9 Å². The van der Waals surface area contributed by atoms with Crippen LogP contribution in [0, 0.1) is 0 Å².